The maximum atomic E-state index is 12.0. The third kappa shape index (κ3) is 3.56. The van der Waals surface area contributed by atoms with Crippen LogP contribution >= 0.6 is 11.3 Å². The number of esters is 1. The van der Waals surface area contributed by atoms with Gasteiger partial charge < -0.3 is 10.1 Å². The van der Waals surface area contributed by atoms with E-state index >= 15 is 0 Å². The minimum atomic E-state index is -0.736. The largest absolute Gasteiger partial charge is 0.448 e. The van der Waals surface area contributed by atoms with Crippen LogP contribution in [-0.4, -0.2) is 24.0 Å². The van der Waals surface area contributed by atoms with Crippen molar-refractivity contribution in [2.75, 3.05) is 0 Å². The first-order valence-electron chi connectivity index (χ1n) is 6.62. The van der Waals surface area contributed by atoms with Crippen molar-refractivity contribution in [3.05, 3.63) is 21.4 Å². The Morgan fingerprint density at radius 2 is 2.21 bits per heavy atom. The van der Waals surface area contributed by atoms with E-state index in [-0.39, 0.29) is 11.9 Å². The lowest BCUT2D eigenvalue weighted by Crippen LogP contribution is -2.36. The SMILES string of the molecule is CCc1sc(C(=O)OC(C)C(=O)NC2CC2)cc1C. The van der Waals surface area contributed by atoms with Gasteiger partial charge in [-0.15, -0.1) is 11.3 Å². The zero-order valence-electron chi connectivity index (χ0n) is 11.5. The summed E-state index contributed by atoms with van der Waals surface area (Å²) in [7, 11) is 0. The third-order valence-electron chi connectivity index (χ3n) is 3.12. The van der Waals surface area contributed by atoms with Gasteiger partial charge in [-0.05, 0) is 44.7 Å². The van der Waals surface area contributed by atoms with E-state index in [1.807, 2.05) is 13.0 Å². The van der Waals surface area contributed by atoms with E-state index in [2.05, 4.69) is 12.2 Å². The summed E-state index contributed by atoms with van der Waals surface area (Å²) >= 11 is 1.44. The maximum absolute atomic E-state index is 12.0. The predicted molar refractivity (Wildman–Crippen MR) is 74.5 cm³/mol. The molecule has 0 radical (unpaired) electrons. The zero-order chi connectivity index (χ0) is 14.0. The fourth-order valence-corrected chi connectivity index (χ4v) is 2.79. The number of ether oxygens (including phenoxy) is 1. The van der Waals surface area contributed by atoms with Crippen LogP contribution in [0.5, 0.6) is 0 Å². The molecule has 5 heteroatoms. The summed E-state index contributed by atoms with van der Waals surface area (Å²) in [5, 5.41) is 2.83. The van der Waals surface area contributed by atoms with Crippen molar-refractivity contribution in [1.29, 1.82) is 0 Å². The molecular formula is C14H19NO3S. The molecule has 0 saturated heterocycles. The van der Waals surface area contributed by atoms with Crippen LogP contribution in [0.25, 0.3) is 0 Å². The number of hydrogen-bond donors (Lipinski definition) is 1. The highest BCUT2D eigenvalue weighted by Crippen LogP contribution is 2.23. The number of amides is 1. The van der Waals surface area contributed by atoms with Gasteiger partial charge in [0.2, 0.25) is 0 Å². The summed E-state index contributed by atoms with van der Waals surface area (Å²) < 4.78 is 5.20. The molecule has 1 atom stereocenters. The molecule has 19 heavy (non-hydrogen) atoms. The van der Waals surface area contributed by atoms with Gasteiger partial charge in [-0.25, -0.2) is 4.79 Å². The molecule has 1 aliphatic carbocycles. The summed E-state index contributed by atoms with van der Waals surface area (Å²) in [5.74, 6) is -0.619. The average molecular weight is 281 g/mol. The molecule has 1 heterocycles. The Labute approximate surface area is 117 Å². The van der Waals surface area contributed by atoms with Crippen LogP contribution in [0, 0.1) is 6.92 Å². The molecule has 1 N–H and O–H groups in total. The van der Waals surface area contributed by atoms with Crippen molar-refractivity contribution in [2.45, 2.75) is 52.2 Å². The first kappa shape index (κ1) is 14.1. The first-order chi connectivity index (χ1) is 9.01. The Balaban J connectivity index is 1.93. The number of aryl methyl sites for hydroxylation is 2. The minimum Gasteiger partial charge on any atom is -0.448 e. The summed E-state index contributed by atoms with van der Waals surface area (Å²) in [5.41, 5.74) is 1.11. The van der Waals surface area contributed by atoms with E-state index in [1.54, 1.807) is 6.92 Å². The summed E-state index contributed by atoms with van der Waals surface area (Å²) in [4.78, 5) is 25.4. The number of carbonyl (C=O) groups is 2. The quantitative estimate of drug-likeness (QED) is 0.843. The van der Waals surface area contributed by atoms with Crippen LogP contribution in [0.1, 0.15) is 46.8 Å². The van der Waals surface area contributed by atoms with Crippen molar-refractivity contribution in [1.82, 2.24) is 5.32 Å². The Morgan fingerprint density at radius 1 is 1.53 bits per heavy atom. The zero-order valence-corrected chi connectivity index (χ0v) is 12.3. The highest BCUT2D eigenvalue weighted by Gasteiger charge is 2.27. The number of nitrogens with one attached hydrogen (secondary N) is 1. The standard InChI is InChI=1S/C14H19NO3S/c1-4-11-8(2)7-12(19-11)14(17)18-9(3)13(16)15-10-5-6-10/h7,9-10H,4-6H2,1-3H3,(H,15,16). The topological polar surface area (TPSA) is 55.4 Å². The molecular weight excluding hydrogens is 262 g/mol. The lowest BCUT2D eigenvalue weighted by Gasteiger charge is -2.12. The van der Waals surface area contributed by atoms with Crippen LogP contribution in [-0.2, 0) is 16.0 Å². The van der Waals surface area contributed by atoms with Gasteiger partial charge in [-0.3, -0.25) is 4.79 Å². The number of hydrogen-bond acceptors (Lipinski definition) is 4. The summed E-state index contributed by atoms with van der Waals surface area (Å²) in [6, 6.07) is 2.11. The predicted octanol–water partition coefficient (Wildman–Crippen LogP) is 2.44. The third-order valence-corrected chi connectivity index (χ3v) is 4.48. The molecule has 1 aromatic heterocycles. The molecule has 0 aromatic carbocycles. The van der Waals surface area contributed by atoms with Crippen LogP contribution in [0.4, 0.5) is 0 Å². The van der Waals surface area contributed by atoms with Gasteiger partial charge in [-0.2, -0.15) is 0 Å². The van der Waals surface area contributed by atoms with Gasteiger partial charge in [0.25, 0.3) is 5.91 Å². The van der Waals surface area contributed by atoms with Crippen LogP contribution < -0.4 is 5.32 Å². The van der Waals surface area contributed by atoms with Crippen molar-refractivity contribution >= 4 is 23.2 Å². The molecule has 2 rings (SSSR count). The van der Waals surface area contributed by atoms with E-state index in [4.69, 9.17) is 4.74 Å². The van der Waals surface area contributed by atoms with E-state index in [0.29, 0.717) is 4.88 Å². The lowest BCUT2D eigenvalue weighted by atomic mass is 10.2. The molecule has 1 aliphatic rings. The molecule has 1 fully saturated rings. The van der Waals surface area contributed by atoms with Gasteiger partial charge >= 0.3 is 5.97 Å². The first-order valence-corrected chi connectivity index (χ1v) is 7.43. The van der Waals surface area contributed by atoms with Crippen LogP contribution in [0.15, 0.2) is 6.07 Å². The van der Waals surface area contributed by atoms with Gasteiger partial charge in [-0.1, -0.05) is 6.92 Å². The van der Waals surface area contributed by atoms with Crippen molar-refractivity contribution in [2.24, 2.45) is 0 Å². The molecule has 1 saturated carbocycles. The molecule has 104 valence electrons. The summed E-state index contributed by atoms with van der Waals surface area (Å²) in [6.45, 7) is 5.64. The molecule has 0 aliphatic heterocycles. The van der Waals surface area contributed by atoms with Crippen LogP contribution in [0.2, 0.25) is 0 Å². The smallest absolute Gasteiger partial charge is 0.349 e. The fraction of sp³-hybridized carbons (Fsp3) is 0.571. The van der Waals surface area contributed by atoms with Crippen molar-refractivity contribution < 1.29 is 14.3 Å². The highest BCUT2D eigenvalue weighted by atomic mass is 32.1. The van der Waals surface area contributed by atoms with E-state index in [9.17, 15) is 9.59 Å². The normalized spacial score (nSPS) is 15.9. The Bertz CT molecular complexity index is 491. The summed E-state index contributed by atoms with van der Waals surface area (Å²) in [6.07, 6.45) is 2.22. The van der Waals surface area contributed by atoms with Gasteiger partial charge in [0, 0.05) is 10.9 Å². The van der Waals surface area contributed by atoms with Crippen molar-refractivity contribution in [3.63, 3.8) is 0 Å². The number of carbonyl (C=O) groups excluding carboxylic acids is 2. The van der Waals surface area contributed by atoms with Gasteiger partial charge in [0.1, 0.15) is 4.88 Å². The van der Waals surface area contributed by atoms with Crippen LogP contribution in [0.3, 0.4) is 0 Å². The Morgan fingerprint density at radius 3 is 2.74 bits per heavy atom. The second-order valence-corrected chi connectivity index (χ2v) is 6.04. The van der Waals surface area contributed by atoms with E-state index < -0.39 is 12.1 Å². The molecule has 1 amide bonds. The molecule has 1 unspecified atom stereocenters. The molecule has 0 bridgehead atoms. The van der Waals surface area contributed by atoms with Gasteiger partial charge in [0.15, 0.2) is 6.10 Å². The van der Waals surface area contributed by atoms with E-state index in [0.717, 1.165) is 24.8 Å². The second-order valence-electron chi connectivity index (χ2n) is 4.90. The average Bonchev–Trinajstić information content (AvgIpc) is 3.09. The highest BCUT2D eigenvalue weighted by molar-refractivity contribution is 7.14. The number of rotatable bonds is 5. The molecule has 1 aromatic rings. The Kier molecular flexibility index (Phi) is 4.24. The monoisotopic (exact) mass is 281 g/mol. The second kappa shape index (κ2) is 5.74. The molecule has 0 spiro atoms. The number of thiophene rings is 1. The van der Waals surface area contributed by atoms with E-state index in [1.165, 1.54) is 16.2 Å². The fourth-order valence-electron chi connectivity index (χ4n) is 1.79. The molecule has 4 nitrogen and oxygen atoms in total. The lowest BCUT2D eigenvalue weighted by molar-refractivity contribution is -0.129. The van der Waals surface area contributed by atoms with Crippen molar-refractivity contribution in [3.8, 4) is 0 Å². The van der Waals surface area contributed by atoms with Gasteiger partial charge in [0.05, 0.1) is 0 Å². The minimum absolute atomic E-state index is 0.208. The maximum Gasteiger partial charge on any atom is 0.349 e. The Hall–Kier alpha value is -1.36.